The standard InChI is InChI=1S/C16H23Br2NO/c1-4-12(2)14(13-8-6-5-7-9-13)15(20)19-16(3,10-17)11-18/h5-9,12,14H,4,10-11H2,1-3H3,(H,19,20). The lowest BCUT2D eigenvalue weighted by Gasteiger charge is -2.31. The number of hydrogen-bond donors (Lipinski definition) is 1. The summed E-state index contributed by atoms with van der Waals surface area (Å²) in [6.45, 7) is 6.30. The third kappa shape index (κ3) is 4.59. The Hall–Kier alpha value is -0.350. The molecule has 0 aliphatic carbocycles. The summed E-state index contributed by atoms with van der Waals surface area (Å²) in [7, 11) is 0. The van der Waals surface area contributed by atoms with E-state index in [1.54, 1.807) is 0 Å². The van der Waals surface area contributed by atoms with Crippen molar-refractivity contribution < 1.29 is 4.79 Å². The van der Waals surface area contributed by atoms with Crippen LogP contribution in [0.5, 0.6) is 0 Å². The molecule has 112 valence electrons. The Kier molecular flexibility index (Phi) is 7.24. The Morgan fingerprint density at radius 3 is 2.25 bits per heavy atom. The maximum Gasteiger partial charge on any atom is 0.228 e. The van der Waals surface area contributed by atoms with Crippen LogP contribution < -0.4 is 5.32 Å². The van der Waals surface area contributed by atoms with Crippen LogP contribution in [0, 0.1) is 5.92 Å². The monoisotopic (exact) mass is 403 g/mol. The van der Waals surface area contributed by atoms with Crippen LogP contribution in [0.1, 0.15) is 38.7 Å². The molecule has 0 aromatic heterocycles. The number of carbonyl (C=O) groups excluding carboxylic acids is 1. The molecule has 1 N–H and O–H groups in total. The van der Waals surface area contributed by atoms with E-state index in [1.807, 2.05) is 37.3 Å². The first kappa shape index (κ1) is 17.7. The topological polar surface area (TPSA) is 29.1 Å². The van der Waals surface area contributed by atoms with E-state index in [2.05, 4.69) is 51.0 Å². The molecule has 2 atom stereocenters. The van der Waals surface area contributed by atoms with Crippen molar-refractivity contribution in [2.24, 2.45) is 5.92 Å². The summed E-state index contributed by atoms with van der Waals surface area (Å²) in [5.41, 5.74) is 0.822. The van der Waals surface area contributed by atoms with Crippen molar-refractivity contribution >= 4 is 37.8 Å². The zero-order chi connectivity index (χ0) is 15.2. The van der Waals surface area contributed by atoms with Gasteiger partial charge in [0.1, 0.15) is 0 Å². The number of rotatable bonds is 7. The Morgan fingerprint density at radius 2 is 1.80 bits per heavy atom. The van der Waals surface area contributed by atoms with Crippen LogP contribution >= 0.6 is 31.9 Å². The average molecular weight is 405 g/mol. The number of halogens is 2. The molecule has 0 spiro atoms. The highest BCUT2D eigenvalue weighted by molar-refractivity contribution is 9.09. The van der Waals surface area contributed by atoms with Crippen molar-refractivity contribution in [2.45, 2.75) is 38.6 Å². The molecular weight excluding hydrogens is 382 g/mol. The highest BCUT2D eigenvalue weighted by Gasteiger charge is 2.31. The van der Waals surface area contributed by atoms with Crippen LogP contribution in [0.2, 0.25) is 0 Å². The number of amides is 1. The van der Waals surface area contributed by atoms with Gasteiger partial charge >= 0.3 is 0 Å². The Morgan fingerprint density at radius 1 is 1.25 bits per heavy atom. The maximum absolute atomic E-state index is 12.7. The minimum atomic E-state index is -0.266. The van der Waals surface area contributed by atoms with Gasteiger partial charge in [-0.2, -0.15) is 0 Å². The number of carbonyl (C=O) groups is 1. The number of nitrogens with one attached hydrogen (secondary N) is 1. The van der Waals surface area contributed by atoms with Gasteiger partial charge in [0.25, 0.3) is 0 Å². The molecule has 0 saturated carbocycles. The number of alkyl halides is 2. The third-order valence-corrected chi connectivity index (χ3v) is 6.14. The molecule has 4 heteroatoms. The van der Waals surface area contributed by atoms with E-state index in [9.17, 15) is 4.79 Å². The molecule has 0 aliphatic heterocycles. The van der Waals surface area contributed by atoms with Crippen LogP contribution in [0.3, 0.4) is 0 Å². The quantitative estimate of drug-likeness (QED) is 0.666. The molecule has 0 bridgehead atoms. The molecule has 20 heavy (non-hydrogen) atoms. The van der Waals surface area contributed by atoms with E-state index in [4.69, 9.17) is 0 Å². The van der Waals surface area contributed by atoms with E-state index in [0.717, 1.165) is 22.6 Å². The van der Waals surface area contributed by atoms with E-state index < -0.39 is 0 Å². The first-order valence-corrected chi connectivity index (χ1v) is 9.20. The molecule has 0 radical (unpaired) electrons. The SMILES string of the molecule is CCC(C)C(C(=O)NC(C)(CBr)CBr)c1ccccc1. The summed E-state index contributed by atoms with van der Waals surface area (Å²) in [4.78, 5) is 12.7. The zero-order valence-corrected chi connectivity index (χ0v) is 15.5. The van der Waals surface area contributed by atoms with Gasteiger partial charge in [-0.15, -0.1) is 0 Å². The molecule has 1 aromatic rings. The maximum atomic E-state index is 12.7. The normalized spacial score (nSPS) is 14.7. The Balaban J connectivity index is 2.98. The van der Waals surface area contributed by atoms with E-state index in [1.165, 1.54) is 0 Å². The Bertz CT molecular complexity index is 418. The summed E-state index contributed by atoms with van der Waals surface area (Å²) >= 11 is 6.95. The van der Waals surface area contributed by atoms with Gasteiger partial charge in [-0.25, -0.2) is 0 Å². The number of hydrogen-bond acceptors (Lipinski definition) is 1. The lowest BCUT2D eigenvalue weighted by atomic mass is 9.84. The van der Waals surface area contributed by atoms with Crippen LogP contribution in [0.25, 0.3) is 0 Å². The minimum absolute atomic E-state index is 0.0985. The molecule has 0 aliphatic rings. The van der Waals surface area contributed by atoms with Gasteiger partial charge < -0.3 is 5.32 Å². The van der Waals surface area contributed by atoms with Gasteiger partial charge in [-0.1, -0.05) is 82.5 Å². The predicted octanol–water partition coefficient (Wildman–Crippen LogP) is 4.48. The average Bonchev–Trinajstić information content (AvgIpc) is 2.48. The van der Waals surface area contributed by atoms with Crippen LogP contribution in [-0.4, -0.2) is 22.1 Å². The van der Waals surface area contributed by atoms with E-state index >= 15 is 0 Å². The van der Waals surface area contributed by atoms with Crippen LogP contribution in [0.15, 0.2) is 30.3 Å². The summed E-state index contributed by atoms with van der Waals surface area (Å²) in [5, 5.41) is 4.62. The molecule has 0 fully saturated rings. The second-order valence-electron chi connectivity index (χ2n) is 5.59. The van der Waals surface area contributed by atoms with Crippen LogP contribution in [-0.2, 0) is 4.79 Å². The Labute approximate surface area is 139 Å². The predicted molar refractivity (Wildman–Crippen MR) is 92.8 cm³/mol. The van der Waals surface area contributed by atoms with Gasteiger partial charge in [0, 0.05) is 10.7 Å². The molecule has 0 saturated heterocycles. The second kappa shape index (κ2) is 8.18. The summed E-state index contributed by atoms with van der Waals surface area (Å²) in [6, 6.07) is 10.0. The van der Waals surface area contributed by atoms with Gasteiger partial charge in [0.2, 0.25) is 5.91 Å². The fraction of sp³-hybridized carbons (Fsp3) is 0.562. The number of benzene rings is 1. The molecular formula is C16H23Br2NO. The van der Waals surface area contributed by atoms with Crippen molar-refractivity contribution in [1.82, 2.24) is 5.32 Å². The molecule has 1 aromatic carbocycles. The van der Waals surface area contributed by atoms with E-state index in [-0.39, 0.29) is 17.4 Å². The fourth-order valence-corrected chi connectivity index (χ4v) is 3.32. The van der Waals surface area contributed by atoms with Gasteiger partial charge in [0.05, 0.1) is 11.5 Å². The highest BCUT2D eigenvalue weighted by Crippen LogP contribution is 2.28. The van der Waals surface area contributed by atoms with Crippen molar-refractivity contribution in [3.63, 3.8) is 0 Å². The molecule has 0 heterocycles. The van der Waals surface area contributed by atoms with Gasteiger partial charge in [-0.3, -0.25) is 4.79 Å². The van der Waals surface area contributed by atoms with Gasteiger partial charge in [0.15, 0.2) is 0 Å². The third-order valence-electron chi connectivity index (χ3n) is 3.67. The fourth-order valence-electron chi connectivity index (χ4n) is 2.11. The highest BCUT2D eigenvalue weighted by atomic mass is 79.9. The zero-order valence-electron chi connectivity index (χ0n) is 12.3. The summed E-state index contributed by atoms with van der Waals surface area (Å²) in [6.07, 6.45) is 0.978. The van der Waals surface area contributed by atoms with Crippen molar-refractivity contribution in [1.29, 1.82) is 0 Å². The van der Waals surface area contributed by atoms with Gasteiger partial charge in [-0.05, 0) is 18.4 Å². The molecule has 2 unspecified atom stereocenters. The molecule has 1 amide bonds. The first-order chi connectivity index (χ1) is 9.47. The minimum Gasteiger partial charge on any atom is -0.349 e. The second-order valence-corrected chi connectivity index (χ2v) is 6.71. The lowest BCUT2D eigenvalue weighted by molar-refractivity contribution is -0.125. The smallest absolute Gasteiger partial charge is 0.228 e. The lowest BCUT2D eigenvalue weighted by Crippen LogP contribution is -2.51. The van der Waals surface area contributed by atoms with E-state index in [0.29, 0.717) is 5.92 Å². The summed E-state index contributed by atoms with van der Waals surface area (Å²) < 4.78 is 0. The van der Waals surface area contributed by atoms with Crippen molar-refractivity contribution in [3.8, 4) is 0 Å². The van der Waals surface area contributed by atoms with Crippen molar-refractivity contribution in [2.75, 3.05) is 10.7 Å². The van der Waals surface area contributed by atoms with Crippen molar-refractivity contribution in [3.05, 3.63) is 35.9 Å². The van der Waals surface area contributed by atoms with Crippen LogP contribution in [0.4, 0.5) is 0 Å². The largest absolute Gasteiger partial charge is 0.349 e. The summed E-state index contributed by atoms with van der Waals surface area (Å²) in [5.74, 6) is 0.317. The molecule has 2 nitrogen and oxygen atoms in total. The first-order valence-electron chi connectivity index (χ1n) is 6.96. The molecule has 1 rings (SSSR count).